The van der Waals surface area contributed by atoms with Gasteiger partial charge in [-0.3, -0.25) is 9.36 Å². The van der Waals surface area contributed by atoms with Gasteiger partial charge in [0.2, 0.25) is 0 Å². The van der Waals surface area contributed by atoms with Crippen molar-refractivity contribution in [2.45, 2.75) is 24.3 Å². The molecule has 0 fully saturated rings. The molecule has 0 saturated carbocycles. The first-order valence-electron chi connectivity index (χ1n) is 9.15. The SMILES string of the molecule is CCOc1ccc(-n2c(SC(C)C(=O)OC)nnc2-c2cccc(OC)c2)cc1. The Morgan fingerprint density at radius 1 is 1.10 bits per heavy atom. The average molecular weight is 413 g/mol. The molecule has 0 bridgehead atoms. The molecule has 1 aromatic heterocycles. The van der Waals surface area contributed by atoms with E-state index in [2.05, 4.69) is 10.2 Å². The van der Waals surface area contributed by atoms with Gasteiger partial charge in [-0.15, -0.1) is 10.2 Å². The van der Waals surface area contributed by atoms with Crippen molar-refractivity contribution in [1.82, 2.24) is 14.8 Å². The fraction of sp³-hybridized carbons (Fsp3) is 0.286. The van der Waals surface area contributed by atoms with Gasteiger partial charge in [0.05, 0.1) is 20.8 Å². The standard InChI is InChI=1S/C21H23N3O4S/c1-5-28-17-11-9-16(10-12-17)24-19(15-7-6-8-18(13-15)26-3)22-23-21(24)29-14(2)20(25)27-4/h6-14H,5H2,1-4H3. The van der Waals surface area contributed by atoms with Gasteiger partial charge in [0.15, 0.2) is 11.0 Å². The Hall–Kier alpha value is -3.00. The molecule has 1 atom stereocenters. The summed E-state index contributed by atoms with van der Waals surface area (Å²) in [6.45, 7) is 4.31. The first-order valence-corrected chi connectivity index (χ1v) is 10.0. The lowest BCUT2D eigenvalue weighted by molar-refractivity contribution is -0.139. The van der Waals surface area contributed by atoms with Crippen LogP contribution < -0.4 is 9.47 Å². The molecule has 1 unspecified atom stereocenters. The summed E-state index contributed by atoms with van der Waals surface area (Å²) in [6.07, 6.45) is 0. The molecular weight excluding hydrogens is 390 g/mol. The third-order valence-electron chi connectivity index (χ3n) is 4.18. The highest BCUT2D eigenvalue weighted by Gasteiger charge is 2.22. The van der Waals surface area contributed by atoms with Crippen LogP contribution in [0.25, 0.3) is 17.1 Å². The largest absolute Gasteiger partial charge is 0.497 e. The molecule has 2 aromatic carbocycles. The molecule has 0 aliphatic rings. The minimum Gasteiger partial charge on any atom is -0.497 e. The van der Waals surface area contributed by atoms with E-state index >= 15 is 0 Å². The van der Waals surface area contributed by atoms with Gasteiger partial charge in [0, 0.05) is 11.3 Å². The van der Waals surface area contributed by atoms with Crippen molar-refractivity contribution >= 4 is 17.7 Å². The van der Waals surface area contributed by atoms with Crippen molar-refractivity contribution in [2.24, 2.45) is 0 Å². The highest BCUT2D eigenvalue weighted by molar-refractivity contribution is 8.00. The number of thioether (sulfide) groups is 1. The van der Waals surface area contributed by atoms with Gasteiger partial charge in [-0.2, -0.15) is 0 Å². The fourth-order valence-corrected chi connectivity index (χ4v) is 3.65. The monoisotopic (exact) mass is 413 g/mol. The predicted molar refractivity (Wildman–Crippen MR) is 112 cm³/mol. The smallest absolute Gasteiger partial charge is 0.318 e. The first kappa shape index (κ1) is 20.7. The number of nitrogens with zero attached hydrogens (tertiary/aromatic N) is 3. The van der Waals surface area contributed by atoms with Crippen molar-refractivity contribution in [3.63, 3.8) is 0 Å². The topological polar surface area (TPSA) is 75.5 Å². The molecule has 0 spiro atoms. The Kier molecular flexibility index (Phi) is 6.77. The highest BCUT2D eigenvalue weighted by atomic mass is 32.2. The second kappa shape index (κ2) is 9.47. The summed E-state index contributed by atoms with van der Waals surface area (Å²) >= 11 is 1.29. The summed E-state index contributed by atoms with van der Waals surface area (Å²) in [6, 6.07) is 15.3. The van der Waals surface area contributed by atoms with E-state index in [4.69, 9.17) is 14.2 Å². The van der Waals surface area contributed by atoms with E-state index in [9.17, 15) is 4.79 Å². The Labute approximate surface area is 174 Å². The van der Waals surface area contributed by atoms with Crippen molar-refractivity contribution in [1.29, 1.82) is 0 Å². The van der Waals surface area contributed by atoms with Crippen molar-refractivity contribution in [2.75, 3.05) is 20.8 Å². The normalized spacial score (nSPS) is 11.7. The summed E-state index contributed by atoms with van der Waals surface area (Å²) in [5.74, 6) is 1.83. The maximum Gasteiger partial charge on any atom is 0.318 e. The molecular formula is C21H23N3O4S. The van der Waals surface area contributed by atoms with E-state index < -0.39 is 5.25 Å². The summed E-state index contributed by atoms with van der Waals surface area (Å²) < 4.78 is 17.6. The lowest BCUT2D eigenvalue weighted by Gasteiger charge is -2.13. The lowest BCUT2D eigenvalue weighted by atomic mass is 10.2. The van der Waals surface area contributed by atoms with Crippen LogP contribution in [0.1, 0.15) is 13.8 Å². The quantitative estimate of drug-likeness (QED) is 0.408. The molecule has 0 aliphatic carbocycles. The number of carbonyl (C=O) groups is 1. The second-order valence-electron chi connectivity index (χ2n) is 6.08. The third-order valence-corrected chi connectivity index (χ3v) is 5.20. The van der Waals surface area contributed by atoms with Crippen LogP contribution in [0.3, 0.4) is 0 Å². The zero-order valence-corrected chi connectivity index (χ0v) is 17.6. The van der Waals surface area contributed by atoms with Crippen molar-refractivity contribution < 1.29 is 19.0 Å². The van der Waals surface area contributed by atoms with Crippen LogP contribution in [-0.2, 0) is 9.53 Å². The number of carbonyl (C=O) groups excluding carboxylic acids is 1. The number of benzene rings is 2. The molecule has 0 aliphatic heterocycles. The number of rotatable bonds is 8. The fourth-order valence-electron chi connectivity index (χ4n) is 2.76. The van der Waals surface area contributed by atoms with Crippen LogP contribution in [0, 0.1) is 0 Å². The van der Waals surface area contributed by atoms with Crippen molar-refractivity contribution in [3.05, 3.63) is 48.5 Å². The predicted octanol–water partition coefficient (Wildman–Crippen LogP) is 4.00. The molecule has 152 valence electrons. The summed E-state index contributed by atoms with van der Waals surface area (Å²) in [4.78, 5) is 11.9. The van der Waals surface area contributed by atoms with Gasteiger partial charge in [-0.05, 0) is 50.2 Å². The van der Waals surface area contributed by atoms with Crippen LogP contribution in [0.2, 0.25) is 0 Å². The molecule has 0 saturated heterocycles. The number of aromatic nitrogens is 3. The molecule has 3 aromatic rings. The second-order valence-corrected chi connectivity index (χ2v) is 7.39. The van der Waals surface area contributed by atoms with Crippen LogP contribution >= 0.6 is 11.8 Å². The van der Waals surface area contributed by atoms with E-state index in [1.165, 1.54) is 18.9 Å². The lowest BCUT2D eigenvalue weighted by Crippen LogP contribution is -2.15. The first-order chi connectivity index (χ1) is 14.1. The van der Waals surface area contributed by atoms with Gasteiger partial charge in [-0.25, -0.2) is 0 Å². The van der Waals surface area contributed by atoms with E-state index in [0.29, 0.717) is 17.6 Å². The van der Waals surface area contributed by atoms with Crippen LogP contribution in [0.15, 0.2) is 53.7 Å². The van der Waals surface area contributed by atoms with Gasteiger partial charge in [-0.1, -0.05) is 23.9 Å². The van der Waals surface area contributed by atoms with E-state index in [-0.39, 0.29) is 5.97 Å². The molecule has 8 heteroatoms. The summed E-state index contributed by atoms with van der Waals surface area (Å²) in [5, 5.41) is 8.89. The zero-order valence-electron chi connectivity index (χ0n) is 16.8. The minimum absolute atomic E-state index is 0.320. The number of methoxy groups -OCH3 is 2. The Balaban J connectivity index is 2.07. The van der Waals surface area contributed by atoms with Gasteiger partial charge < -0.3 is 14.2 Å². The molecule has 29 heavy (non-hydrogen) atoms. The maximum absolute atomic E-state index is 11.9. The summed E-state index contributed by atoms with van der Waals surface area (Å²) in [7, 11) is 2.99. The summed E-state index contributed by atoms with van der Waals surface area (Å²) in [5.41, 5.74) is 1.71. The average Bonchev–Trinajstić information content (AvgIpc) is 3.17. The van der Waals surface area contributed by atoms with E-state index in [0.717, 1.165) is 22.7 Å². The molecule has 7 nitrogen and oxygen atoms in total. The molecule has 0 N–H and O–H groups in total. The Bertz CT molecular complexity index is 972. The number of ether oxygens (including phenoxy) is 3. The van der Waals surface area contributed by atoms with Gasteiger partial charge >= 0.3 is 5.97 Å². The van der Waals surface area contributed by atoms with Crippen LogP contribution in [0.5, 0.6) is 11.5 Å². The van der Waals surface area contributed by atoms with Crippen LogP contribution in [-0.4, -0.2) is 46.8 Å². The molecule has 1 heterocycles. The maximum atomic E-state index is 11.9. The Morgan fingerprint density at radius 3 is 2.52 bits per heavy atom. The third kappa shape index (κ3) is 4.71. The Morgan fingerprint density at radius 2 is 1.86 bits per heavy atom. The zero-order chi connectivity index (χ0) is 20.8. The molecule has 0 radical (unpaired) electrons. The number of hydrogen-bond donors (Lipinski definition) is 0. The molecule has 3 rings (SSSR count). The number of hydrogen-bond acceptors (Lipinski definition) is 7. The van der Waals surface area contributed by atoms with Crippen molar-refractivity contribution in [3.8, 4) is 28.6 Å². The van der Waals surface area contributed by atoms with Gasteiger partial charge in [0.1, 0.15) is 16.7 Å². The number of esters is 1. The minimum atomic E-state index is -0.427. The van der Waals surface area contributed by atoms with Gasteiger partial charge in [0.25, 0.3) is 0 Å². The highest BCUT2D eigenvalue weighted by Crippen LogP contribution is 2.32. The van der Waals surface area contributed by atoms with E-state index in [1.54, 1.807) is 14.0 Å². The molecule has 0 amide bonds. The van der Waals surface area contributed by atoms with Crippen LogP contribution in [0.4, 0.5) is 0 Å². The van der Waals surface area contributed by atoms with E-state index in [1.807, 2.05) is 60.0 Å².